The summed E-state index contributed by atoms with van der Waals surface area (Å²) in [6.07, 6.45) is 2.02. The Morgan fingerprint density at radius 3 is 2.44 bits per heavy atom. The zero-order chi connectivity index (χ0) is 19.7. The summed E-state index contributed by atoms with van der Waals surface area (Å²) in [7, 11) is 0. The molecule has 1 aliphatic carbocycles. The summed E-state index contributed by atoms with van der Waals surface area (Å²) < 4.78 is 1.67. The van der Waals surface area contributed by atoms with Crippen LogP contribution in [-0.4, -0.2) is 42.8 Å². The molecule has 2 aromatic heterocycles. The molecule has 2 aromatic rings. The van der Waals surface area contributed by atoms with Gasteiger partial charge >= 0.3 is 5.97 Å². The Morgan fingerprint density at radius 2 is 1.85 bits per heavy atom. The van der Waals surface area contributed by atoms with Gasteiger partial charge in [0.1, 0.15) is 0 Å². The summed E-state index contributed by atoms with van der Waals surface area (Å²) in [5.41, 5.74) is 4.17. The normalized spacial score (nSPS) is 19.3. The quantitative estimate of drug-likeness (QED) is 0.829. The first kappa shape index (κ1) is 19.0. The number of rotatable bonds is 5. The molecule has 1 aliphatic rings. The van der Waals surface area contributed by atoms with E-state index in [1.165, 1.54) is 0 Å². The summed E-state index contributed by atoms with van der Waals surface area (Å²) in [5.74, 6) is -0.755. The number of nitrogens with zero attached hydrogens (tertiary/aromatic N) is 4. The van der Waals surface area contributed by atoms with Crippen molar-refractivity contribution in [1.82, 2.24) is 25.1 Å². The second-order valence-corrected chi connectivity index (χ2v) is 7.30. The predicted octanol–water partition coefficient (Wildman–Crippen LogP) is 1.81. The third kappa shape index (κ3) is 4.15. The molecule has 144 valence electrons. The van der Waals surface area contributed by atoms with Crippen LogP contribution in [0.25, 0.3) is 5.95 Å². The number of aryl methyl sites for hydroxylation is 3. The first-order chi connectivity index (χ1) is 12.7. The van der Waals surface area contributed by atoms with Crippen LogP contribution < -0.4 is 5.32 Å². The summed E-state index contributed by atoms with van der Waals surface area (Å²) in [6, 6.07) is 1.83. The number of amides is 1. The molecule has 0 radical (unpaired) electrons. The van der Waals surface area contributed by atoms with E-state index in [2.05, 4.69) is 20.4 Å². The lowest BCUT2D eigenvalue weighted by Gasteiger charge is -2.12. The van der Waals surface area contributed by atoms with Gasteiger partial charge in [-0.1, -0.05) is 0 Å². The minimum atomic E-state index is -0.784. The Morgan fingerprint density at radius 1 is 1.19 bits per heavy atom. The standard InChI is InChI=1S/C19H25N5O3/c1-10-7-11(2)21-19(20-10)24-13(4)16(12(3)23-24)9-17(25)22-15-6-5-14(8-15)18(26)27/h7,14-15H,5-6,8-9H2,1-4H3,(H,22,25)(H,26,27)/t14-,15+/m1/s1. The highest BCUT2D eigenvalue weighted by molar-refractivity contribution is 5.79. The Labute approximate surface area is 158 Å². The van der Waals surface area contributed by atoms with Crippen LogP contribution >= 0.6 is 0 Å². The monoisotopic (exact) mass is 371 g/mol. The summed E-state index contributed by atoms with van der Waals surface area (Å²) in [5, 5.41) is 16.6. The van der Waals surface area contributed by atoms with Crippen molar-refractivity contribution in [1.29, 1.82) is 0 Å². The molecule has 0 aliphatic heterocycles. The van der Waals surface area contributed by atoms with Gasteiger partial charge in [-0.3, -0.25) is 9.59 Å². The van der Waals surface area contributed by atoms with Gasteiger partial charge in [0.05, 0.1) is 18.0 Å². The average molecular weight is 371 g/mol. The highest BCUT2D eigenvalue weighted by Crippen LogP contribution is 2.26. The number of carbonyl (C=O) groups is 2. The highest BCUT2D eigenvalue weighted by atomic mass is 16.4. The van der Waals surface area contributed by atoms with Crippen LogP contribution in [0.4, 0.5) is 0 Å². The number of aromatic nitrogens is 4. The van der Waals surface area contributed by atoms with Gasteiger partial charge in [-0.25, -0.2) is 14.6 Å². The number of carboxylic acids is 1. The van der Waals surface area contributed by atoms with Gasteiger partial charge in [-0.15, -0.1) is 0 Å². The zero-order valence-corrected chi connectivity index (χ0v) is 16.1. The van der Waals surface area contributed by atoms with E-state index in [0.717, 1.165) is 28.3 Å². The van der Waals surface area contributed by atoms with Gasteiger partial charge in [0.2, 0.25) is 5.91 Å². The summed E-state index contributed by atoms with van der Waals surface area (Å²) in [6.45, 7) is 7.58. The maximum absolute atomic E-state index is 12.5. The van der Waals surface area contributed by atoms with E-state index in [1.807, 2.05) is 33.8 Å². The van der Waals surface area contributed by atoms with Crippen molar-refractivity contribution in [2.75, 3.05) is 0 Å². The van der Waals surface area contributed by atoms with Crippen molar-refractivity contribution in [2.24, 2.45) is 5.92 Å². The van der Waals surface area contributed by atoms with Gasteiger partial charge < -0.3 is 10.4 Å². The second-order valence-electron chi connectivity index (χ2n) is 7.30. The van der Waals surface area contributed by atoms with Gasteiger partial charge in [0, 0.05) is 28.7 Å². The van der Waals surface area contributed by atoms with Crippen molar-refractivity contribution >= 4 is 11.9 Å². The maximum Gasteiger partial charge on any atom is 0.306 e. The van der Waals surface area contributed by atoms with E-state index in [9.17, 15) is 9.59 Å². The van der Waals surface area contributed by atoms with Gasteiger partial charge in [0.25, 0.3) is 5.95 Å². The first-order valence-corrected chi connectivity index (χ1v) is 9.14. The molecular weight excluding hydrogens is 346 g/mol. The van der Waals surface area contributed by atoms with Gasteiger partial charge in [-0.05, 0) is 53.0 Å². The molecule has 8 heteroatoms. The minimum Gasteiger partial charge on any atom is -0.481 e. The van der Waals surface area contributed by atoms with Crippen molar-refractivity contribution < 1.29 is 14.7 Å². The fourth-order valence-corrected chi connectivity index (χ4v) is 3.70. The van der Waals surface area contributed by atoms with E-state index < -0.39 is 5.97 Å². The number of aliphatic carboxylic acids is 1. The topological polar surface area (TPSA) is 110 Å². The van der Waals surface area contributed by atoms with Crippen LogP contribution in [0.2, 0.25) is 0 Å². The third-order valence-corrected chi connectivity index (χ3v) is 5.09. The molecule has 1 amide bonds. The molecule has 0 aromatic carbocycles. The molecular formula is C19H25N5O3. The van der Waals surface area contributed by atoms with E-state index in [-0.39, 0.29) is 24.3 Å². The second kappa shape index (κ2) is 7.46. The lowest BCUT2D eigenvalue weighted by molar-refractivity contribution is -0.141. The first-order valence-electron chi connectivity index (χ1n) is 9.14. The Hall–Kier alpha value is -2.77. The molecule has 1 fully saturated rings. The molecule has 1 saturated carbocycles. The van der Waals surface area contributed by atoms with Crippen molar-refractivity contribution in [3.63, 3.8) is 0 Å². The van der Waals surface area contributed by atoms with Crippen molar-refractivity contribution in [2.45, 2.75) is 59.4 Å². The maximum atomic E-state index is 12.5. The van der Waals surface area contributed by atoms with Crippen LogP contribution in [0.5, 0.6) is 0 Å². The van der Waals surface area contributed by atoms with Gasteiger partial charge in [-0.2, -0.15) is 5.10 Å². The van der Waals surface area contributed by atoms with E-state index in [0.29, 0.717) is 25.2 Å². The fraction of sp³-hybridized carbons (Fsp3) is 0.526. The number of hydrogen-bond donors (Lipinski definition) is 2. The Balaban J connectivity index is 1.73. The van der Waals surface area contributed by atoms with Crippen LogP contribution in [0.1, 0.15) is 47.6 Å². The number of carbonyl (C=O) groups excluding carboxylic acids is 1. The largest absolute Gasteiger partial charge is 0.481 e. The number of hydrogen-bond acceptors (Lipinski definition) is 5. The number of carboxylic acid groups (broad SMARTS) is 1. The average Bonchev–Trinajstić information content (AvgIpc) is 3.14. The minimum absolute atomic E-state index is 0.0722. The van der Waals surface area contributed by atoms with Crippen LogP contribution in [0.15, 0.2) is 6.07 Å². The lowest BCUT2D eigenvalue weighted by atomic mass is 10.1. The molecule has 3 rings (SSSR count). The molecule has 8 nitrogen and oxygen atoms in total. The molecule has 2 atom stereocenters. The Kier molecular flexibility index (Phi) is 5.25. The summed E-state index contributed by atoms with van der Waals surface area (Å²) in [4.78, 5) is 32.4. The SMILES string of the molecule is Cc1cc(C)nc(-n2nc(C)c(CC(=O)N[C@H]3CC[C@@H](C(=O)O)C3)c2C)n1. The Bertz CT molecular complexity index is 869. The third-order valence-electron chi connectivity index (χ3n) is 5.09. The van der Waals surface area contributed by atoms with E-state index in [4.69, 9.17) is 5.11 Å². The number of nitrogens with one attached hydrogen (secondary N) is 1. The molecule has 2 heterocycles. The van der Waals surface area contributed by atoms with Crippen molar-refractivity contribution in [3.8, 4) is 5.95 Å². The van der Waals surface area contributed by atoms with E-state index >= 15 is 0 Å². The highest BCUT2D eigenvalue weighted by Gasteiger charge is 2.30. The molecule has 0 saturated heterocycles. The predicted molar refractivity (Wildman–Crippen MR) is 98.7 cm³/mol. The molecule has 2 N–H and O–H groups in total. The van der Waals surface area contributed by atoms with Crippen molar-refractivity contribution in [3.05, 3.63) is 34.4 Å². The van der Waals surface area contributed by atoms with Crippen LogP contribution in [-0.2, 0) is 16.0 Å². The zero-order valence-electron chi connectivity index (χ0n) is 16.1. The molecule has 0 bridgehead atoms. The molecule has 0 spiro atoms. The molecule has 27 heavy (non-hydrogen) atoms. The summed E-state index contributed by atoms with van der Waals surface area (Å²) >= 11 is 0. The van der Waals surface area contributed by atoms with E-state index in [1.54, 1.807) is 4.68 Å². The fourth-order valence-electron chi connectivity index (χ4n) is 3.70. The van der Waals surface area contributed by atoms with Crippen LogP contribution in [0.3, 0.4) is 0 Å². The van der Waals surface area contributed by atoms with Crippen LogP contribution in [0, 0.1) is 33.6 Å². The smallest absolute Gasteiger partial charge is 0.306 e. The lowest BCUT2D eigenvalue weighted by Crippen LogP contribution is -2.34. The van der Waals surface area contributed by atoms with Gasteiger partial charge in [0.15, 0.2) is 0 Å². The molecule has 0 unspecified atom stereocenters.